The van der Waals surface area contributed by atoms with E-state index in [1.807, 2.05) is 18.2 Å². The third kappa shape index (κ3) is 1.51. The van der Waals surface area contributed by atoms with Crippen molar-refractivity contribution in [3.8, 4) is 0 Å². The minimum absolute atomic E-state index is 0.0531. The Hall–Kier alpha value is -0.650. The van der Waals surface area contributed by atoms with Crippen molar-refractivity contribution in [3.63, 3.8) is 0 Å². The van der Waals surface area contributed by atoms with E-state index in [2.05, 4.69) is 15.9 Å². The lowest BCUT2D eigenvalue weighted by Crippen LogP contribution is -2.18. The fraction of sp³-hybridized carbons (Fsp3) is 0.222. The number of para-hydroxylation sites is 1. The van der Waals surface area contributed by atoms with Gasteiger partial charge in [-0.25, -0.2) is 0 Å². The van der Waals surface area contributed by atoms with Crippen LogP contribution in [0.5, 0.6) is 0 Å². The zero-order valence-electron chi connectivity index (χ0n) is 7.37. The molecule has 0 amide bonds. The second-order valence-corrected chi connectivity index (χ2v) is 4.74. The van der Waals surface area contributed by atoms with Crippen LogP contribution in [0.15, 0.2) is 27.5 Å². The lowest BCUT2D eigenvalue weighted by atomic mass is 10.3. The summed E-state index contributed by atoms with van der Waals surface area (Å²) in [7, 11) is 0. The minimum Gasteiger partial charge on any atom is -0.329 e. The number of thiazole rings is 1. The van der Waals surface area contributed by atoms with Gasteiger partial charge in [-0.1, -0.05) is 17.4 Å². The summed E-state index contributed by atoms with van der Waals surface area (Å²) in [5, 5.41) is 0. The van der Waals surface area contributed by atoms with Crippen LogP contribution in [0.4, 0.5) is 0 Å². The molecule has 5 heteroatoms. The first-order chi connectivity index (χ1) is 6.74. The van der Waals surface area contributed by atoms with Crippen molar-refractivity contribution >= 4 is 37.5 Å². The highest BCUT2D eigenvalue weighted by Gasteiger charge is 2.08. The van der Waals surface area contributed by atoms with E-state index in [-0.39, 0.29) is 4.87 Å². The summed E-state index contributed by atoms with van der Waals surface area (Å²) in [4.78, 5) is 11.6. The monoisotopic (exact) mass is 272 g/mol. The van der Waals surface area contributed by atoms with Gasteiger partial charge in [0, 0.05) is 17.6 Å². The molecule has 0 unspecified atom stereocenters. The van der Waals surface area contributed by atoms with E-state index in [1.54, 1.807) is 4.57 Å². The average molecular weight is 273 g/mol. The van der Waals surface area contributed by atoms with Crippen LogP contribution in [0, 0.1) is 0 Å². The maximum atomic E-state index is 11.6. The molecular weight excluding hydrogens is 264 g/mol. The molecule has 0 radical (unpaired) electrons. The van der Waals surface area contributed by atoms with Crippen molar-refractivity contribution in [2.75, 3.05) is 6.54 Å². The summed E-state index contributed by atoms with van der Waals surface area (Å²) in [6, 6.07) is 5.80. The predicted octanol–water partition coefficient (Wildman–Crippen LogP) is 1.78. The average Bonchev–Trinajstić information content (AvgIpc) is 2.45. The Kier molecular flexibility index (Phi) is 2.71. The van der Waals surface area contributed by atoms with Crippen molar-refractivity contribution in [3.05, 3.63) is 32.3 Å². The van der Waals surface area contributed by atoms with Gasteiger partial charge >= 0.3 is 4.87 Å². The minimum atomic E-state index is 0.0531. The largest absolute Gasteiger partial charge is 0.329 e. The summed E-state index contributed by atoms with van der Waals surface area (Å²) in [6.45, 7) is 1.05. The third-order valence-corrected chi connectivity index (χ3v) is 3.57. The second kappa shape index (κ2) is 3.84. The first-order valence-electron chi connectivity index (χ1n) is 4.22. The molecule has 0 saturated carbocycles. The molecule has 2 rings (SSSR count). The Bertz CT molecular complexity index is 517. The molecule has 1 heterocycles. The molecule has 1 aromatic carbocycles. The van der Waals surface area contributed by atoms with Crippen LogP contribution in [0.25, 0.3) is 10.2 Å². The maximum Gasteiger partial charge on any atom is 0.308 e. The maximum absolute atomic E-state index is 11.6. The lowest BCUT2D eigenvalue weighted by molar-refractivity contribution is 0.720. The Morgan fingerprint density at radius 3 is 3.00 bits per heavy atom. The van der Waals surface area contributed by atoms with Gasteiger partial charge in [0.2, 0.25) is 0 Å². The lowest BCUT2D eigenvalue weighted by Gasteiger charge is -2.01. The van der Waals surface area contributed by atoms with E-state index >= 15 is 0 Å². The topological polar surface area (TPSA) is 48.0 Å². The number of hydrogen-bond donors (Lipinski definition) is 1. The summed E-state index contributed by atoms with van der Waals surface area (Å²) >= 11 is 4.69. The number of benzene rings is 1. The molecule has 1 aromatic heterocycles. The Morgan fingerprint density at radius 1 is 1.50 bits per heavy atom. The number of hydrogen-bond acceptors (Lipinski definition) is 3. The van der Waals surface area contributed by atoms with E-state index in [9.17, 15) is 4.79 Å². The molecule has 0 spiro atoms. The van der Waals surface area contributed by atoms with Gasteiger partial charge in [-0.15, -0.1) is 0 Å². The first kappa shape index (κ1) is 9.89. The van der Waals surface area contributed by atoms with Crippen LogP contribution in [-0.2, 0) is 6.54 Å². The van der Waals surface area contributed by atoms with Gasteiger partial charge in [0.1, 0.15) is 0 Å². The molecule has 0 atom stereocenters. The smallest absolute Gasteiger partial charge is 0.308 e. The van der Waals surface area contributed by atoms with Crippen molar-refractivity contribution in [1.82, 2.24) is 4.57 Å². The molecule has 3 nitrogen and oxygen atoms in total. The highest BCUT2D eigenvalue weighted by Crippen LogP contribution is 2.25. The van der Waals surface area contributed by atoms with Gasteiger partial charge in [-0.05, 0) is 28.1 Å². The number of halogens is 1. The molecule has 74 valence electrons. The van der Waals surface area contributed by atoms with Crippen LogP contribution in [0.2, 0.25) is 0 Å². The molecular formula is C9H9BrN2OS. The van der Waals surface area contributed by atoms with Gasteiger partial charge in [-0.2, -0.15) is 0 Å². The standard InChI is InChI=1S/C9H9BrN2OS/c10-6-2-1-3-7-8(6)12(5-4-11)9(13)14-7/h1-3H,4-5,11H2. The zero-order valence-corrected chi connectivity index (χ0v) is 9.77. The van der Waals surface area contributed by atoms with Crippen LogP contribution < -0.4 is 10.6 Å². The van der Waals surface area contributed by atoms with Crippen molar-refractivity contribution in [2.45, 2.75) is 6.54 Å². The predicted molar refractivity (Wildman–Crippen MR) is 62.8 cm³/mol. The molecule has 0 saturated heterocycles. The molecule has 2 N–H and O–H groups in total. The van der Waals surface area contributed by atoms with Crippen LogP contribution >= 0.6 is 27.3 Å². The van der Waals surface area contributed by atoms with Crippen molar-refractivity contribution < 1.29 is 0 Å². The number of aromatic nitrogens is 1. The summed E-state index contributed by atoms with van der Waals surface area (Å²) < 4.78 is 3.66. The quantitative estimate of drug-likeness (QED) is 0.906. The molecule has 14 heavy (non-hydrogen) atoms. The van der Waals surface area contributed by atoms with Crippen LogP contribution in [-0.4, -0.2) is 11.1 Å². The van der Waals surface area contributed by atoms with E-state index in [0.717, 1.165) is 14.7 Å². The highest BCUT2D eigenvalue weighted by molar-refractivity contribution is 9.10. The van der Waals surface area contributed by atoms with Gasteiger partial charge in [-0.3, -0.25) is 9.36 Å². The molecule has 0 fully saturated rings. The Balaban J connectivity index is 2.79. The van der Waals surface area contributed by atoms with Gasteiger partial charge in [0.05, 0.1) is 10.2 Å². The third-order valence-electron chi connectivity index (χ3n) is 1.99. The van der Waals surface area contributed by atoms with Crippen LogP contribution in [0.3, 0.4) is 0 Å². The van der Waals surface area contributed by atoms with E-state index in [4.69, 9.17) is 5.73 Å². The number of rotatable bonds is 2. The summed E-state index contributed by atoms with van der Waals surface area (Å²) in [6.07, 6.45) is 0. The van der Waals surface area contributed by atoms with Crippen molar-refractivity contribution in [2.24, 2.45) is 5.73 Å². The Labute approximate surface area is 93.3 Å². The second-order valence-electron chi connectivity index (χ2n) is 2.89. The number of nitrogens with zero attached hydrogens (tertiary/aromatic N) is 1. The van der Waals surface area contributed by atoms with Gasteiger partial charge < -0.3 is 5.73 Å². The highest BCUT2D eigenvalue weighted by atomic mass is 79.9. The van der Waals surface area contributed by atoms with E-state index in [0.29, 0.717) is 13.1 Å². The SMILES string of the molecule is NCCn1c(=O)sc2cccc(Br)c21. The Morgan fingerprint density at radius 2 is 2.29 bits per heavy atom. The fourth-order valence-corrected chi connectivity index (χ4v) is 3.07. The first-order valence-corrected chi connectivity index (χ1v) is 5.83. The molecule has 0 aliphatic carbocycles. The van der Waals surface area contributed by atoms with Crippen molar-refractivity contribution in [1.29, 1.82) is 0 Å². The number of fused-ring (bicyclic) bond motifs is 1. The molecule has 2 aromatic rings. The summed E-state index contributed by atoms with van der Waals surface area (Å²) in [5.41, 5.74) is 6.41. The van der Waals surface area contributed by atoms with E-state index in [1.165, 1.54) is 11.3 Å². The molecule has 0 bridgehead atoms. The fourth-order valence-electron chi connectivity index (χ4n) is 1.41. The van der Waals surface area contributed by atoms with Crippen LogP contribution in [0.1, 0.15) is 0 Å². The van der Waals surface area contributed by atoms with Gasteiger partial charge in [0.15, 0.2) is 0 Å². The summed E-state index contributed by atoms with van der Waals surface area (Å²) in [5.74, 6) is 0. The normalized spacial score (nSPS) is 11.0. The van der Waals surface area contributed by atoms with E-state index < -0.39 is 0 Å². The number of nitrogens with two attached hydrogens (primary N) is 1. The van der Waals surface area contributed by atoms with Gasteiger partial charge in [0.25, 0.3) is 0 Å². The zero-order chi connectivity index (χ0) is 10.1. The molecule has 0 aliphatic heterocycles. The molecule has 0 aliphatic rings.